The van der Waals surface area contributed by atoms with E-state index in [4.69, 9.17) is 0 Å². The van der Waals surface area contributed by atoms with Crippen LogP contribution in [0, 0.1) is 5.92 Å². The summed E-state index contributed by atoms with van der Waals surface area (Å²) in [6.45, 7) is 9.43. The van der Waals surface area contributed by atoms with Crippen LogP contribution < -0.4 is 5.32 Å². The first kappa shape index (κ1) is 10.5. The summed E-state index contributed by atoms with van der Waals surface area (Å²) in [5.41, 5.74) is 0. The summed E-state index contributed by atoms with van der Waals surface area (Å²) in [6.07, 6.45) is 0.655. The van der Waals surface area contributed by atoms with E-state index in [0.717, 1.165) is 19.6 Å². The molecule has 1 heterocycles. The van der Waals surface area contributed by atoms with Crippen molar-refractivity contribution in [2.45, 2.75) is 33.2 Å². The largest absolute Gasteiger partial charge is 0.351 e. The van der Waals surface area contributed by atoms with E-state index in [1.165, 1.54) is 0 Å². The number of likely N-dealkylation sites (N-methyl/N-ethyl adjacent to an activating group) is 1. The van der Waals surface area contributed by atoms with E-state index in [-0.39, 0.29) is 5.91 Å². The summed E-state index contributed by atoms with van der Waals surface area (Å²) in [5.74, 6) is 0.665. The van der Waals surface area contributed by atoms with Gasteiger partial charge in [0.2, 0.25) is 5.91 Å². The van der Waals surface area contributed by atoms with Gasteiger partial charge in [-0.3, -0.25) is 9.69 Å². The van der Waals surface area contributed by atoms with E-state index in [9.17, 15) is 4.79 Å². The third-order valence-corrected chi connectivity index (χ3v) is 2.36. The highest BCUT2D eigenvalue weighted by Crippen LogP contribution is 2.07. The maximum Gasteiger partial charge on any atom is 0.220 e. The molecule has 0 atom stereocenters. The molecule has 0 aromatic rings. The zero-order chi connectivity index (χ0) is 9.84. The number of nitrogens with one attached hydrogen (secondary N) is 1. The molecule has 1 rings (SSSR count). The molecule has 0 radical (unpaired) electrons. The molecule has 0 bridgehead atoms. The topological polar surface area (TPSA) is 32.3 Å². The second-order valence-corrected chi connectivity index (χ2v) is 4.21. The average Bonchev–Trinajstić information content (AvgIpc) is 1.94. The van der Waals surface area contributed by atoms with E-state index in [0.29, 0.717) is 18.4 Å². The van der Waals surface area contributed by atoms with Gasteiger partial charge in [0.25, 0.3) is 0 Å². The molecule has 0 aromatic heterocycles. The summed E-state index contributed by atoms with van der Waals surface area (Å²) in [5, 5.41) is 3.03. The highest BCUT2D eigenvalue weighted by Gasteiger charge is 2.26. The van der Waals surface area contributed by atoms with Crippen LogP contribution in [0.3, 0.4) is 0 Å². The Kier molecular flexibility index (Phi) is 3.72. The van der Waals surface area contributed by atoms with Crippen molar-refractivity contribution in [2.24, 2.45) is 5.92 Å². The summed E-state index contributed by atoms with van der Waals surface area (Å²) in [7, 11) is 0. The minimum Gasteiger partial charge on any atom is -0.351 e. The van der Waals surface area contributed by atoms with Gasteiger partial charge in [-0.15, -0.1) is 0 Å². The number of amides is 1. The number of hydrogen-bond acceptors (Lipinski definition) is 2. The number of carbonyl (C=O) groups excluding carboxylic acids is 1. The van der Waals surface area contributed by atoms with Gasteiger partial charge in [-0.25, -0.2) is 0 Å². The van der Waals surface area contributed by atoms with Gasteiger partial charge in [-0.2, -0.15) is 0 Å². The Labute approximate surface area is 80.5 Å². The van der Waals surface area contributed by atoms with Crippen molar-refractivity contribution in [1.82, 2.24) is 10.2 Å². The van der Waals surface area contributed by atoms with Crippen molar-refractivity contribution in [3.05, 3.63) is 0 Å². The molecule has 1 saturated heterocycles. The molecule has 0 spiro atoms. The highest BCUT2D eigenvalue weighted by molar-refractivity contribution is 5.76. The lowest BCUT2D eigenvalue weighted by Crippen LogP contribution is -2.59. The third-order valence-electron chi connectivity index (χ3n) is 2.36. The maximum atomic E-state index is 11.3. The number of likely N-dealkylation sites (tertiary alicyclic amines) is 1. The standard InChI is InChI=1S/C10H20N2O/c1-4-12-6-9(7-12)11-10(13)5-8(2)3/h8-9H,4-7H2,1-3H3,(H,11,13). The SMILES string of the molecule is CCN1CC(NC(=O)CC(C)C)C1. The average molecular weight is 184 g/mol. The monoisotopic (exact) mass is 184 g/mol. The van der Waals surface area contributed by atoms with Crippen molar-refractivity contribution < 1.29 is 4.79 Å². The van der Waals surface area contributed by atoms with Gasteiger partial charge in [-0.1, -0.05) is 20.8 Å². The number of hydrogen-bond donors (Lipinski definition) is 1. The number of carbonyl (C=O) groups is 1. The van der Waals surface area contributed by atoms with E-state index >= 15 is 0 Å². The molecule has 0 aliphatic carbocycles. The van der Waals surface area contributed by atoms with Crippen LogP contribution in [0.25, 0.3) is 0 Å². The van der Waals surface area contributed by atoms with E-state index < -0.39 is 0 Å². The minimum absolute atomic E-state index is 0.204. The molecule has 76 valence electrons. The zero-order valence-electron chi connectivity index (χ0n) is 8.84. The lowest BCUT2D eigenvalue weighted by molar-refractivity contribution is -0.123. The van der Waals surface area contributed by atoms with Crippen molar-refractivity contribution in [3.8, 4) is 0 Å². The fourth-order valence-electron chi connectivity index (χ4n) is 1.58. The van der Waals surface area contributed by atoms with Crippen LogP contribution in [0.1, 0.15) is 27.2 Å². The fraction of sp³-hybridized carbons (Fsp3) is 0.900. The van der Waals surface area contributed by atoms with Gasteiger partial charge in [0.1, 0.15) is 0 Å². The molecular weight excluding hydrogens is 164 g/mol. The van der Waals surface area contributed by atoms with Crippen LogP contribution in [0.5, 0.6) is 0 Å². The van der Waals surface area contributed by atoms with Gasteiger partial charge in [-0.05, 0) is 12.5 Å². The van der Waals surface area contributed by atoms with Crippen molar-refractivity contribution in [1.29, 1.82) is 0 Å². The first-order valence-electron chi connectivity index (χ1n) is 5.13. The van der Waals surface area contributed by atoms with Crippen molar-refractivity contribution in [3.63, 3.8) is 0 Å². The molecule has 0 aromatic carbocycles. The Hall–Kier alpha value is -0.570. The number of nitrogens with zero attached hydrogens (tertiary/aromatic N) is 1. The molecule has 1 aliphatic heterocycles. The summed E-state index contributed by atoms with van der Waals surface area (Å²) >= 11 is 0. The van der Waals surface area contributed by atoms with Crippen LogP contribution in [0.15, 0.2) is 0 Å². The zero-order valence-corrected chi connectivity index (χ0v) is 8.84. The van der Waals surface area contributed by atoms with Crippen LogP contribution >= 0.6 is 0 Å². The van der Waals surface area contributed by atoms with E-state index in [1.807, 2.05) is 0 Å². The third kappa shape index (κ3) is 3.35. The summed E-state index contributed by atoms with van der Waals surface area (Å²) < 4.78 is 0. The fourth-order valence-corrected chi connectivity index (χ4v) is 1.58. The molecule has 13 heavy (non-hydrogen) atoms. The van der Waals surface area contributed by atoms with Gasteiger partial charge in [0.15, 0.2) is 0 Å². The predicted octanol–water partition coefficient (Wildman–Crippen LogP) is 0.853. The van der Waals surface area contributed by atoms with Crippen molar-refractivity contribution in [2.75, 3.05) is 19.6 Å². The second kappa shape index (κ2) is 4.61. The first-order valence-corrected chi connectivity index (χ1v) is 5.13. The molecular formula is C10H20N2O. The summed E-state index contributed by atoms with van der Waals surface area (Å²) in [4.78, 5) is 13.6. The van der Waals surface area contributed by atoms with Gasteiger partial charge in [0.05, 0.1) is 6.04 Å². The molecule has 3 nitrogen and oxygen atoms in total. The lowest BCUT2D eigenvalue weighted by Gasteiger charge is -2.38. The van der Waals surface area contributed by atoms with Gasteiger partial charge in [0, 0.05) is 19.5 Å². The van der Waals surface area contributed by atoms with Crippen LogP contribution in [0.2, 0.25) is 0 Å². The normalized spacial score (nSPS) is 18.8. The Balaban J connectivity index is 2.09. The quantitative estimate of drug-likeness (QED) is 0.702. The van der Waals surface area contributed by atoms with Crippen LogP contribution in [0.4, 0.5) is 0 Å². The Morgan fingerprint density at radius 3 is 2.62 bits per heavy atom. The molecule has 0 unspecified atom stereocenters. The Morgan fingerprint density at radius 1 is 1.54 bits per heavy atom. The van der Waals surface area contributed by atoms with Crippen LogP contribution in [-0.2, 0) is 4.79 Å². The maximum absolute atomic E-state index is 11.3. The molecule has 1 aliphatic rings. The molecule has 1 fully saturated rings. The highest BCUT2D eigenvalue weighted by atomic mass is 16.1. The Morgan fingerprint density at radius 2 is 2.15 bits per heavy atom. The smallest absolute Gasteiger partial charge is 0.220 e. The van der Waals surface area contributed by atoms with Crippen LogP contribution in [-0.4, -0.2) is 36.5 Å². The molecule has 1 amide bonds. The molecule has 1 N–H and O–H groups in total. The summed E-state index contributed by atoms with van der Waals surface area (Å²) in [6, 6.07) is 0.409. The minimum atomic E-state index is 0.204. The molecule has 0 saturated carbocycles. The Bertz CT molecular complexity index is 174. The molecule has 3 heteroatoms. The first-order chi connectivity index (χ1) is 6.11. The van der Waals surface area contributed by atoms with Gasteiger partial charge >= 0.3 is 0 Å². The van der Waals surface area contributed by atoms with Gasteiger partial charge < -0.3 is 5.32 Å². The predicted molar refractivity (Wildman–Crippen MR) is 53.5 cm³/mol. The van der Waals surface area contributed by atoms with E-state index in [1.54, 1.807) is 0 Å². The number of rotatable bonds is 4. The second-order valence-electron chi connectivity index (χ2n) is 4.21. The van der Waals surface area contributed by atoms with Crippen molar-refractivity contribution >= 4 is 5.91 Å². The van der Waals surface area contributed by atoms with E-state index in [2.05, 4.69) is 31.0 Å². The lowest BCUT2D eigenvalue weighted by atomic mass is 10.1.